The number of carbonyl (C=O) groups is 1. The lowest BCUT2D eigenvalue weighted by Crippen LogP contribution is -2.37. The summed E-state index contributed by atoms with van der Waals surface area (Å²) in [5.41, 5.74) is 2.89. The first-order valence-corrected chi connectivity index (χ1v) is 11.2. The van der Waals surface area contributed by atoms with Crippen molar-refractivity contribution in [1.82, 2.24) is 0 Å². The van der Waals surface area contributed by atoms with Crippen molar-refractivity contribution in [3.05, 3.63) is 113 Å². The molecule has 0 aliphatic rings. The van der Waals surface area contributed by atoms with Crippen LogP contribution in [0.1, 0.15) is 55.7 Å². The molecule has 3 aromatic rings. The van der Waals surface area contributed by atoms with Crippen molar-refractivity contribution in [2.24, 2.45) is 0 Å². The second-order valence-electron chi connectivity index (χ2n) is 8.06. The van der Waals surface area contributed by atoms with Crippen LogP contribution in [0.3, 0.4) is 0 Å². The quantitative estimate of drug-likeness (QED) is 0.148. The van der Waals surface area contributed by atoms with E-state index in [0.29, 0.717) is 18.4 Å². The monoisotopic (exact) mass is 426 g/mol. The fourth-order valence-electron chi connectivity index (χ4n) is 4.16. The highest BCUT2D eigenvalue weighted by atomic mass is 16.5. The molecule has 0 fully saturated rings. The van der Waals surface area contributed by atoms with Gasteiger partial charge in [0.05, 0.1) is 6.10 Å². The summed E-state index contributed by atoms with van der Waals surface area (Å²) in [6.07, 6.45) is 4.20. The van der Waals surface area contributed by atoms with Crippen LogP contribution in [0.2, 0.25) is 0 Å². The van der Waals surface area contributed by atoms with Crippen molar-refractivity contribution in [2.45, 2.75) is 50.7 Å². The summed E-state index contributed by atoms with van der Waals surface area (Å²) in [5.74, 6) is 2.03. The number of benzene rings is 3. The van der Waals surface area contributed by atoms with Crippen LogP contribution >= 0.6 is 0 Å². The minimum absolute atomic E-state index is 0.205. The van der Waals surface area contributed by atoms with Gasteiger partial charge in [-0.15, -0.1) is 0 Å². The maximum absolute atomic E-state index is 11.3. The molecule has 0 radical (unpaired) electrons. The lowest BCUT2D eigenvalue weighted by molar-refractivity contribution is -0.108. The van der Waals surface area contributed by atoms with Gasteiger partial charge in [0, 0.05) is 18.4 Å². The zero-order valence-electron chi connectivity index (χ0n) is 18.6. The number of carbonyl (C=O) groups excluding carboxylic acids is 2. The number of rotatable bonds is 12. The van der Waals surface area contributed by atoms with Crippen molar-refractivity contribution in [1.29, 1.82) is 0 Å². The first-order chi connectivity index (χ1) is 15.7. The van der Waals surface area contributed by atoms with Gasteiger partial charge >= 0.3 is 0 Å². The molecule has 0 bridgehead atoms. The molecule has 0 saturated heterocycles. The number of hydrogen-bond donors (Lipinski definition) is 0. The molecule has 0 aliphatic heterocycles. The zero-order valence-corrected chi connectivity index (χ0v) is 18.6. The number of unbranched alkanes of at least 4 members (excludes halogenated alkanes) is 2. The maximum atomic E-state index is 11.3. The topological polar surface area (TPSA) is 43.4 Å². The molecule has 1 unspecified atom stereocenters. The molecule has 1 atom stereocenters. The van der Waals surface area contributed by atoms with Crippen molar-refractivity contribution >= 4 is 12.2 Å². The lowest BCUT2D eigenvalue weighted by Gasteiger charge is -2.39. The van der Waals surface area contributed by atoms with E-state index in [1.807, 2.05) is 60.5 Å². The Hall–Kier alpha value is -3.26. The van der Waals surface area contributed by atoms with Gasteiger partial charge in [-0.3, -0.25) is 0 Å². The first-order valence-electron chi connectivity index (χ1n) is 11.2. The third kappa shape index (κ3) is 5.70. The Kier molecular flexibility index (Phi) is 8.74. The van der Waals surface area contributed by atoms with E-state index in [-0.39, 0.29) is 6.10 Å². The van der Waals surface area contributed by atoms with E-state index in [1.165, 1.54) is 0 Å². The minimum atomic E-state index is -0.831. The summed E-state index contributed by atoms with van der Waals surface area (Å²) in [5, 5.41) is 0. The number of hydrogen-bond acceptors (Lipinski definition) is 3. The van der Waals surface area contributed by atoms with Gasteiger partial charge in [0.25, 0.3) is 0 Å². The Balaban J connectivity index is 2.13. The molecular weight excluding hydrogens is 396 g/mol. The SMILES string of the molecule is CC(=C=O)CC(CCCCC=O)OC(c1ccccc1)(c1ccccc1)c1ccccc1. The molecule has 0 amide bonds. The molecule has 3 aromatic carbocycles. The van der Waals surface area contributed by atoms with Gasteiger partial charge in [-0.25, -0.2) is 4.79 Å². The van der Waals surface area contributed by atoms with E-state index in [0.717, 1.165) is 42.2 Å². The van der Waals surface area contributed by atoms with Crippen molar-refractivity contribution < 1.29 is 14.3 Å². The standard InChI is InChI=1S/C29H30O3/c1-24(23-31)22-28(20-12-5-13-21-30)32-29(25-14-6-2-7-15-25,26-16-8-3-9-17-26)27-18-10-4-11-19-27/h2-4,6-11,14-19,21,28H,5,12-13,20,22H2,1H3. The van der Waals surface area contributed by atoms with Crippen LogP contribution in [0.25, 0.3) is 0 Å². The van der Waals surface area contributed by atoms with E-state index in [2.05, 4.69) is 36.4 Å². The van der Waals surface area contributed by atoms with E-state index in [4.69, 9.17) is 4.74 Å². The van der Waals surface area contributed by atoms with E-state index >= 15 is 0 Å². The molecule has 0 spiro atoms. The highest BCUT2D eigenvalue weighted by Gasteiger charge is 2.39. The Bertz CT molecular complexity index is 909. The lowest BCUT2D eigenvalue weighted by atomic mass is 9.79. The summed E-state index contributed by atoms with van der Waals surface area (Å²) >= 11 is 0. The molecule has 0 aliphatic carbocycles. The normalized spacial score (nSPS) is 12.0. The van der Waals surface area contributed by atoms with Gasteiger partial charge in [0.2, 0.25) is 0 Å². The van der Waals surface area contributed by atoms with Gasteiger partial charge in [0.15, 0.2) is 0 Å². The average molecular weight is 427 g/mol. The molecule has 164 valence electrons. The highest BCUT2D eigenvalue weighted by molar-refractivity contribution is 5.51. The Morgan fingerprint density at radius 2 is 1.31 bits per heavy atom. The number of aldehydes is 1. The van der Waals surface area contributed by atoms with Gasteiger partial charge < -0.3 is 9.53 Å². The predicted molar refractivity (Wildman–Crippen MR) is 128 cm³/mol. The smallest absolute Gasteiger partial charge is 0.144 e. The molecule has 32 heavy (non-hydrogen) atoms. The van der Waals surface area contributed by atoms with E-state index in [9.17, 15) is 9.59 Å². The first kappa shape index (κ1) is 23.4. The van der Waals surface area contributed by atoms with E-state index in [1.54, 1.807) is 6.92 Å². The van der Waals surface area contributed by atoms with Gasteiger partial charge in [-0.1, -0.05) is 97.4 Å². The minimum Gasteiger partial charge on any atom is -0.357 e. The molecule has 3 nitrogen and oxygen atoms in total. The Morgan fingerprint density at radius 3 is 1.72 bits per heavy atom. The van der Waals surface area contributed by atoms with Crippen LogP contribution in [-0.2, 0) is 19.9 Å². The fraction of sp³-hybridized carbons (Fsp3) is 0.276. The Labute approximate surface area is 190 Å². The van der Waals surface area contributed by atoms with Crippen LogP contribution < -0.4 is 0 Å². The summed E-state index contributed by atoms with van der Waals surface area (Å²) in [6, 6.07) is 30.7. The molecule has 3 rings (SSSR count). The highest BCUT2D eigenvalue weighted by Crippen LogP contribution is 2.42. The van der Waals surface area contributed by atoms with Crippen LogP contribution in [0.5, 0.6) is 0 Å². The maximum Gasteiger partial charge on any atom is 0.144 e. The van der Waals surface area contributed by atoms with E-state index < -0.39 is 5.60 Å². The molecule has 0 heterocycles. The average Bonchev–Trinajstić information content (AvgIpc) is 2.86. The predicted octanol–water partition coefficient (Wildman–Crippen LogP) is 6.29. The van der Waals surface area contributed by atoms with Crippen molar-refractivity contribution in [2.75, 3.05) is 0 Å². The third-order valence-corrected chi connectivity index (χ3v) is 5.69. The van der Waals surface area contributed by atoms with Gasteiger partial charge in [-0.05, 0) is 36.5 Å². The molecule has 0 saturated carbocycles. The summed E-state index contributed by atoms with van der Waals surface area (Å²) in [6.45, 7) is 1.80. The van der Waals surface area contributed by atoms with Crippen molar-refractivity contribution in [3.63, 3.8) is 0 Å². The molecule has 0 aromatic heterocycles. The largest absolute Gasteiger partial charge is 0.357 e. The molecule has 0 N–H and O–H groups in total. The fourth-order valence-corrected chi connectivity index (χ4v) is 4.16. The summed E-state index contributed by atoms with van der Waals surface area (Å²) in [7, 11) is 0. The summed E-state index contributed by atoms with van der Waals surface area (Å²) < 4.78 is 7.06. The van der Waals surface area contributed by atoms with Crippen LogP contribution in [0.4, 0.5) is 0 Å². The van der Waals surface area contributed by atoms with Crippen LogP contribution in [0, 0.1) is 0 Å². The summed E-state index contributed by atoms with van der Waals surface area (Å²) in [4.78, 5) is 22.1. The van der Waals surface area contributed by atoms with Crippen LogP contribution in [0.15, 0.2) is 96.6 Å². The van der Waals surface area contributed by atoms with Crippen LogP contribution in [-0.4, -0.2) is 18.3 Å². The second-order valence-corrected chi connectivity index (χ2v) is 8.06. The zero-order chi connectivity index (χ0) is 22.7. The van der Waals surface area contributed by atoms with Gasteiger partial charge in [0.1, 0.15) is 17.8 Å². The second kappa shape index (κ2) is 12.0. The third-order valence-electron chi connectivity index (χ3n) is 5.69. The Morgan fingerprint density at radius 1 is 0.844 bits per heavy atom. The molecular formula is C29H30O3. The van der Waals surface area contributed by atoms with Crippen molar-refractivity contribution in [3.8, 4) is 0 Å². The number of ether oxygens (including phenoxy) is 1. The van der Waals surface area contributed by atoms with Gasteiger partial charge in [-0.2, -0.15) is 0 Å². The molecule has 3 heteroatoms.